The average Bonchev–Trinajstić information content (AvgIpc) is 2.61. The number of carbonyl (C=O) groups excluding carboxylic acids is 1. The van der Waals surface area contributed by atoms with Crippen LogP contribution in [0.2, 0.25) is 0 Å². The van der Waals surface area contributed by atoms with Crippen molar-refractivity contribution in [3.8, 4) is 0 Å². The van der Waals surface area contributed by atoms with Gasteiger partial charge in [-0.05, 0) is 56.6 Å². The van der Waals surface area contributed by atoms with Gasteiger partial charge in [-0.3, -0.25) is 4.79 Å². The topological polar surface area (TPSA) is 29.5 Å². The van der Waals surface area contributed by atoms with Crippen LogP contribution in [0, 0.1) is 5.41 Å². The fraction of sp³-hybridized carbons (Fsp3) is 0.542. The molecule has 1 aliphatic carbocycles. The summed E-state index contributed by atoms with van der Waals surface area (Å²) in [6, 6.07) is 0. The summed E-state index contributed by atoms with van der Waals surface area (Å²) in [6.45, 7) is 13.7. The molecular weight excluding hydrogens is 334 g/mol. The van der Waals surface area contributed by atoms with Gasteiger partial charge in [0.05, 0.1) is 13.2 Å². The summed E-state index contributed by atoms with van der Waals surface area (Å²) < 4.78 is 5.29. The van der Waals surface area contributed by atoms with Gasteiger partial charge in [-0.25, -0.2) is 0 Å². The Labute approximate surface area is 165 Å². The molecule has 0 atom stereocenters. The molecule has 2 rings (SSSR count). The molecule has 1 heterocycles. The molecule has 2 aliphatic rings. The van der Waals surface area contributed by atoms with Gasteiger partial charge in [0, 0.05) is 19.2 Å². The number of morpholine rings is 1. The van der Waals surface area contributed by atoms with E-state index in [4.69, 9.17) is 4.74 Å². The number of allylic oxidation sites excluding steroid dienone is 9. The van der Waals surface area contributed by atoms with Gasteiger partial charge in [0.15, 0.2) is 0 Å². The molecule has 0 bridgehead atoms. The van der Waals surface area contributed by atoms with Crippen molar-refractivity contribution < 1.29 is 9.53 Å². The van der Waals surface area contributed by atoms with Crippen LogP contribution in [0.15, 0.2) is 58.7 Å². The number of rotatable bonds is 5. The lowest BCUT2D eigenvalue weighted by atomic mass is 9.72. The molecule has 3 nitrogen and oxygen atoms in total. The molecule has 27 heavy (non-hydrogen) atoms. The van der Waals surface area contributed by atoms with E-state index in [0.717, 1.165) is 5.57 Å². The van der Waals surface area contributed by atoms with Crippen LogP contribution in [0.1, 0.15) is 53.9 Å². The summed E-state index contributed by atoms with van der Waals surface area (Å²) in [6.07, 6.45) is 16.1. The quantitative estimate of drug-likeness (QED) is 0.481. The van der Waals surface area contributed by atoms with Gasteiger partial charge < -0.3 is 9.64 Å². The predicted octanol–water partition coefficient (Wildman–Crippen LogP) is 5.38. The van der Waals surface area contributed by atoms with E-state index in [2.05, 4.69) is 45.9 Å². The summed E-state index contributed by atoms with van der Waals surface area (Å²) in [5, 5.41) is 0. The third-order valence-corrected chi connectivity index (χ3v) is 5.45. The summed E-state index contributed by atoms with van der Waals surface area (Å²) in [7, 11) is 0. The molecule has 0 saturated carbocycles. The third-order valence-electron chi connectivity index (χ3n) is 5.45. The Morgan fingerprint density at radius 3 is 2.48 bits per heavy atom. The van der Waals surface area contributed by atoms with Crippen LogP contribution in [0.5, 0.6) is 0 Å². The first-order valence-corrected chi connectivity index (χ1v) is 10.1. The normalized spacial score (nSPS) is 22.2. The Morgan fingerprint density at radius 2 is 1.81 bits per heavy atom. The van der Waals surface area contributed by atoms with Crippen LogP contribution in [-0.2, 0) is 9.53 Å². The van der Waals surface area contributed by atoms with Crippen molar-refractivity contribution in [2.24, 2.45) is 5.41 Å². The van der Waals surface area contributed by atoms with E-state index < -0.39 is 0 Å². The molecule has 148 valence electrons. The maximum atomic E-state index is 12.2. The van der Waals surface area contributed by atoms with Crippen molar-refractivity contribution >= 4 is 5.91 Å². The maximum Gasteiger partial charge on any atom is 0.246 e. The van der Waals surface area contributed by atoms with Crippen molar-refractivity contribution in [2.45, 2.75) is 53.9 Å². The van der Waals surface area contributed by atoms with Gasteiger partial charge in [0.25, 0.3) is 0 Å². The van der Waals surface area contributed by atoms with Crippen LogP contribution < -0.4 is 0 Å². The fourth-order valence-corrected chi connectivity index (χ4v) is 3.75. The van der Waals surface area contributed by atoms with E-state index in [1.165, 1.54) is 36.0 Å². The molecule has 1 fully saturated rings. The molecule has 0 aromatic rings. The van der Waals surface area contributed by atoms with Gasteiger partial charge >= 0.3 is 0 Å². The average molecular weight is 370 g/mol. The molecule has 1 aliphatic heterocycles. The summed E-state index contributed by atoms with van der Waals surface area (Å²) in [5.74, 6) is 0.0722. The minimum Gasteiger partial charge on any atom is -0.378 e. The van der Waals surface area contributed by atoms with Crippen LogP contribution in [0.25, 0.3) is 0 Å². The van der Waals surface area contributed by atoms with Crippen LogP contribution in [-0.4, -0.2) is 37.1 Å². The lowest BCUT2D eigenvalue weighted by molar-refractivity contribution is -0.130. The minimum absolute atomic E-state index is 0.0722. The molecular formula is C24H35NO2. The summed E-state index contributed by atoms with van der Waals surface area (Å²) >= 11 is 0. The molecule has 0 aromatic heterocycles. The minimum atomic E-state index is 0.0722. The molecule has 3 heteroatoms. The Balaban J connectivity index is 1.95. The molecule has 0 N–H and O–H groups in total. The SMILES string of the molecule is CC1=C(/C=C/C(C)=C\C=C\C(C)=C\C(=O)N2CCOCC2)C(C)(C)CCC1. The monoisotopic (exact) mass is 369 g/mol. The van der Waals surface area contributed by atoms with E-state index in [1.54, 1.807) is 6.08 Å². The van der Waals surface area contributed by atoms with Gasteiger partial charge in [0.2, 0.25) is 5.91 Å². The van der Waals surface area contributed by atoms with E-state index in [9.17, 15) is 4.79 Å². The zero-order valence-corrected chi connectivity index (χ0v) is 17.7. The van der Waals surface area contributed by atoms with Crippen molar-refractivity contribution in [2.75, 3.05) is 26.3 Å². The Bertz CT molecular complexity index is 683. The van der Waals surface area contributed by atoms with Gasteiger partial charge in [-0.15, -0.1) is 0 Å². The molecule has 0 unspecified atom stereocenters. The number of hydrogen-bond donors (Lipinski definition) is 0. The molecule has 0 radical (unpaired) electrons. The van der Waals surface area contributed by atoms with Crippen molar-refractivity contribution in [1.82, 2.24) is 4.90 Å². The van der Waals surface area contributed by atoms with E-state index in [1.807, 2.05) is 24.0 Å². The first-order valence-electron chi connectivity index (χ1n) is 10.1. The second-order valence-electron chi connectivity index (χ2n) is 8.36. The number of carbonyl (C=O) groups is 1. The standard InChI is InChI=1S/C24H35NO2/c1-19(11-12-22-21(3)10-7-13-24(22,4)5)8-6-9-20(2)18-23(26)25-14-16-27-17-15-25/h6,8-9,11-12,18H,7,10,13-17H2,1-5H3/b9-6+,12-11+,19-8-,20-18+. The zero-order valence-electron chi connectivity index (χ0n) is 17.7. The molecule has 0 spiro atoms. The van der Waals surface area contributed by atoms with Gasteiger partial charge in [-0.1, -0.05) is 55.4 Å². The first kappa shape index (κ1) is 21.4. The van der Waals surface area contributed by atoms with Crippen LogP contribution >= 0.6 is 0 Å². The van der Waals surface area contributed by atoms with Crippen LogP contribution in [0.3, 0.4) is 0 Å². The number of ether oxygens (including phenoxy) is 1. The highest BCUT2D eigenvalue weighted by atomic mass is 16.5. The number of amides is 1. The lowest BCUT2D eigenvalue weighted by Gasteiger charge is -2.32. The third kappa shape index (κ3) is 6.66. The highest BCUT2D eigenvalue weighted by Crippen LogP contribution is 2.40. The Hall–Kier alpha value is -1.87. The predicted molar refractivity (Wildman–Crippen MR) is 114 cm³/mol. The van der Waals surface area contributed by atoms with Crippen molar-refractivity contribution in [3.05, 3.63) is 58.7 Å². The fourth-order valence-electron chi connectivity index (χ4n) is 3.75. The largest absolute Gasteiger partial charge is 0.378 e. The van der Waals surface area contributed by atoms with Crippen molar-refractivity contribution in [3.63, 3.8) is 0 Å². The second kappa shape index (κ2) is 9.89. The van der Waals surface area contributed by atoms with E-state index >= 15 is 0 Å². The number of nitrogens with zero attached hydrogens (tertiary/aromatic N) is 1. The zero-order chi connectivity index (χ0) is 19.9. The van der Waals surface area contributed by atoms with E-state index in [-0.39, 0.29) is 11.3 Å². The molecule has 1 amide bonds. The second-order valence-corrected chi connectivity index (χ2v) is 8.36. The van der Waals surface area contributed by atoms with Gasteiger partial charge in [-0.2, -0.15) is 0 Å². The maximum absolute atomic E-state index is 12.2. The molecule has 0 aromatic carbocycles. The smallest absolute Gasteiger partial charge is 0.246 e. The highest BCUT2D eigenvalue weighted by Gasteiger charge is 2.26. The highest BCUT2D eigenvalue weighted by molar-refractivity contribution is 5.88. The Kier molecular flexibility index (Phi) is 7.85. The molecule has 1 saturated heterocycles. The first-order chi connectivity index (χ1) is 12.8. The summed E-state index contributed by atoms with van der Waals surface area (Å²) in [4.78, 5) is 14.0. The van der Waals surface area contributed by atoms with E-state index in [0.29, 0.717) is 26.3 Å². The van der Waals surface area contributed by atoms with Crippen LogP contribution in [0.4, 0.5) is 0 Å². The number of hydrogen-bond acceptors (Lipinski definition) is 2. The van der Waals surface area contributed by atoms with Gasteiger partial charge in [0.1, 0.15) is 0 Å². The summed E-state index contributed by atoms with van der Waals surface area (Å²) in [5.41, 5.74) is 5.45. The lowest BCUT2D eigenvalue weighted by Crippen LogP contribution is -2.39. The Morgan fingerprint density at radius 1 is 1.11 bits per heavy atom. The van der Waals surface area contributed by atoms with Crippen molar-refractivity contribution in [1.29, 1.82) is 0 Å².